The first-order chi connectivity index (χ1) is 18.5. The van der Waals surface area contributed by atoms with Crippen molar-refractivity contribution < 1.29 is 33.9 Å². The SMILES string of the molecule is C=C(C)c1ccc(C)cc1-c1c(O)cc(CCCCC)cc1OCCOCCOCCOCCOCCO. The van der Waals surface area contributed by atoms with Crippen molar-refractivity contribution in [1.29, 1.82) is 0 Å². The van der Waals surface area contributed by atoms with E-state index in [0.29, 0.717) is 70.8 Å². The van der Waals surface area contributed by atoms with Crippen LogP contribution in [0.15, 0.2) is 36.9 Å². The molecule has 0 aliphatic heterocycles. The third-order valence-electron chi connectivity index (χ3n) is 5.95. The number of aromatic hydroxyl groups is 1. The smallest absolute Gasteiger partial charge is 0.131 e. The topological polar surface area (TPSA) is 86.6 Å². The molecule has 2 N–H and O–H groups in total. The van der Waals surface area contributed by atoms with Gasteiger partial charge in [0.25, 0.3) is 0 Å². The minimum absolute atomic E-state index is 0.0197. The second-order valence-corrected chi connectivity index (χ2v) is 9.30. The molecule has 0 aliphatic carbocycles. The van der Waals surface area contributed by atoms with Crippen molar-refractivity contribution >= 4 is 5.57 Å². The van der Waals surface area contributed by atoms with E-state index in [0.717, 1.165) is 53.5 Å². The highest BCUT2D eigenvalue weighted by molar-refractivity contribution is 5.86. The number of aryl methyl sites for hydroxylation is 2. The zero-order valence-electron chi connectivity index (χ0n) is 23.4. The number of phenolic OH excluding ortho intramolecular Hbond substituents is 1. The molecule has 0 bridgehead atoms. The number of ether oxygens (including phenoxy) is 5. The molecule has 0 unspecified atom stereocenters. The summed E-state index contributed by atoms with van der Waals surface area (Å²) in [6, 6.07) is 10.1. The van der Waals surface area contributed by atoms with E-state index >= 15 is 0 Å². The van der Waals surface area contributed by atoms with Crippen LogP contribution in [0.3, 0.4) is 0 Å². The summed E-state index contributed by atoms with van der Waals surface area (Å²) in [5.74, 6) is 0.878. The van der Waals surface area contributed by atoms with Gasteiger partial charge in [0.05, 0.1) is 65.0 Å². The van der Waals surface area contributed by atoms with Crippen LogP contribution in [0.5, 0.6) is 11.5 Å². The summed E-state index contributed by atoms with van der Waals surface area (Å²) in [7, 11) is 0. The Hall–Kier alpha value is -2.42. The van der Waals surface area contributed by atoms with Crippen LogP contribution in [0.4, 0.5) is 0 Å². The molecule has 38 heavy (non-hydrogen) atoms. The minimum Gasteiger partial charge on any atom is -0.507 e. The van der Waals surface area contributed by atoms with E-state index in [2.05, 4.69) is 25.6 Å². The first kappa shape index (κ1) is 31.8. The molecule has 7 heteroatoms. The molecule has 0 heterocycles. The van der Waals surface area contributed by atoms with E-state index in [-0.39, 0.29) is 12.4 Å². The molecule has 0 amide bonds. The normalized spacial score (nSPS) is 11.2. The fourth-order valence-corrected chi connectivity index (χ4v) is 4.04. The maximum absolute atomic E-state index is 11.1. The quantitative estimate of drug-likeness (QED) is 0.204. The molecule has 2 aromatic carbocycles. The van der Waals surface area contributed by atoms with Crippen molar-refractivity contribution in [3.8, 4) is 22.6 Å². The summed E-state index contributed by atoms with van der Waals surface area (Å²) < 4.78 is 27.9. The highest BCUT2D eigenvalue weighted by atomic mass is 16.6. The third kappa shape index (κ3) is 11.5. The molecular weight excluding hydrogens is 484 g/mol. The van der Waals surface area contributed by atoms with Gasteiger partial charge in [-0.1, -0.05) is 55.7 Å². The molecule has 0 fully saturated rings. The molecule has 2 aromatic rings. The molecule has 0 saturated carbocycles. The van der Waals surface area contributed by atoms with E-state index in [9.17, 15) is 5.11 Å². The van der Waals surface area contributed by atoms with Crippen molar-refractivity contribution in [2.75, 3.05) is 66.1 Å². The van der Waals surface area contributed by atoms with Crippen molar-refractivity contribution in [2.45, 2.75) is 46.5 Å². The molecule has 0 saturated heterocycles. The van der Waals surface area contributed by atoms with Crippen molar-refractivity contribution in [3.63, 3.8) is 0 Å². The fourth-order valence-electron chi connectivity index (χ4n) is 4.04. The molecular formula is C31H46O7. The maximum Gasteiger partial charge on any atom is 0.131 e. The summed E-state index contributed by atoms with van der Waals surface area (Å²) in [5.41, 5.74) is 5.70. The Morgan fingerprint density at radius 1 is 0.816 bits per heavy atom. The summed E-state index contributed by atoms with van der Waals surface area (Å²) in [5, 5.41) is 19.7. The van der Waals surface area contributed by atoms with Crippen molar-refractivity contribution in [1.82, 2.24) is 0 Å². The molecule has 7 nitrogen and oxygen atoms in total. The largest absolute Gasteiger partial charge is 0.507 e. The zero-order chi connectivity index (χ0) is 27.6. The van der Waals surface area contributed by atoms with Crippen LogP contribution in [-0.2, 0) is 25.4 Å². The standard InChI is InChI=1S/C31H46O7/c1-5-6-7-8-26-22-29(33)31(28-21-25(4)9-10-27(28)24(2)3)30(23-26)38-20-19-37-18-17-36-16-15-35-14-13-34-12-11-32/h9-10,21-23,32-33H,2,5-8,11-20H2,1,3-4H3. The van der Waals surface area contributed by atoms with Gasteiger partial charge in [0.2, 0.25) is 0 Å². The van der Waals surface area contributed by atoms with Gasteiger partial charge in [-0.25, -0.2) is 0 Å². The predicted octanol–water partition coefficient (Wildman–Crippen LogP) is 5.57. The lowest BCUT2D eigenvalue weighted by Crippen LogP contribution is -2.14. The number of benzene rings is 2. The van der Waals surface area contributed by atoms with Gasteiger partial charge in [0.15, 0.2) is 0 Å². The summed E-state index contributed by atoms with van der Waals surface area (Å²) in [6.45, 7) is 14.3. The number of hydrogen-bond donors (Lipinski definition) is 2. The number of unbranched alkanes of at least 4 members (excludes halogenated alkanes) is 2. The summed E-state index contributed by atoms with van der Waals surface area (Å²) in [6.07, 6.45) is 4.26. The molecule has 0 aromatic heterocycles. The van der Waals surface area contributed by atoms with E-state index < -0.39 is 0 Å². The van der Waals surface area contributed by atoms with Gasteiger partial charge in [-0.3, -0.25) is 0 Å². The minimum atomic E-state index is 0.0197. The van der Waals surface area contributed by atoms with Crippen molar-refractivity contribution in [3.05, 3.63) is 53.6 Å². The number of hydrogen-bond acceptors (Lipinski definition) is 7. The number of aliphatic hydroxyl groups is 1. The number of rotatable bonds is 21. The molecule has 212 valence electrons. The van der Waals surface area contributed by atoms with E-state index in [4.69, 9.17) is 28.8 Å². The van der Waals surface area contributed by atoms with Crippen LogP contribution in [0.2, 0.25) is 0 Å². The van der Waals surface area contributed by atoms with E-state index in [1.807, 2.05) is 32.0 Å². The number of allylic oxidation sites excluding steroid dienone is 1. The maximum atomic E-state index is 11.1. The van der Waals surface area contributed by atoms with E-state index in [1.54, 1.807) is 0 Å². The van der Waals surface area contributed by atoms with Crippen LogP contribution in [0, 0.1) is 6.92 Å². The van der Waals surface area contributed by atoms with Crippen LogP contribution >= 0.6 is 0 Å². The van der Waals surface area contributed by atoms with Gasteiger partial charge in [-0.15, -0.1) is 0 Å². The van der Waals surface area contributed by atoms with Crippen LogP contribution in [0.1, 0.15) is 49.8 Å². The Morgan fingerprint density at radius 2 is 1.42 bits per heavy atom. The highest BCUT2D eigenvalue weighted by Crippen LogP contribution is 2.42. The Labute approximate surface area is 228 Å². The van der Waals surface area contributed by atoms with Gasteiger partial charge < -0.3 is 33.9 Å². The monoisotopic (exact) mass is 530 g/mol. The van der Waals surface area contributed by atoms with Gasteiger partial charge in [-0.2, -0.15) is 0 Å². The molecule has 0 spiro atoms. The lowest BCUT2D eigenvalue weighted by atomic mass is 9.91. The number of phenols is 1. The number of aliphatic hydroxyl groups excluding tert-OH is 1. The lowest BCUT2D eigenvalue weighted by Gasteiger charge is -2.18. The Morgan fingerprint density at radius 3 is 2.00 bits per heavy atom. The second-order valence-electron chi connectivity index (χ2n) is 9.30. The van der Waals surface area contributed by atoms with Gasteiger partial charge in [0.1, 0.15) is 18.1 Å². The van der Waals surface area contributed by atoms with Gasteiger partial charge in [-0.05, 0) is 55.5 Å². The highest BCUT2D eigenvalue weighted by Gasteiger charge is 2.18. The zero-order valence-corrected chi connectivity index (χ0v) is 23.4. The lowest BCUT2D eigenvalue weighted by molar-refractivity contribution is -0.00778. The first-order valence-electron chi connectivity index (χ1n) is 13.6. The van der Waals surface area contributed by atoms with Crippen LogP contribution in [0.25, 0.3) is 16.7 Å². The third-order valence-corrected chi connectivity index (χ3v) is 5.95. The first-order valence-corrected chi connectivity index (χ1v) is 13.6. The summed E-state index contributed by atoms with van der Waals surface area (Å²) >= 11 is 0. The van der Waals surface area contributed by atoms with Crippen LogP contribution < -0.4 is 4.74 Å². The summed E-state index contributed by atoms with van der Waals surface area (Å²) in [4.78, 5) is 0. The van der Waals surface area contributed by atoms with Crippen molar-refractivity contribution in [2.24, 2.45) is 0 Å². The Kier molecular flexibility index (Phi) is 15.7. The molecule has 0 radical (unpaired) electrons. The molecule has 2 rings (SSSR count). The van der Waals surface area contributed by atoms with Crippen LogP contribution in [-0.4, -0.2) is 76.3 Å². The second kappa shape index (κ2) is 18.8. The predicted molar refractivity (Wildman–Crippen MR) is 152 cm³/mol. The average Bonchev–Trinajstić information content (AvgIpc) is 2.88. The van der Waals surface area contributed by atoms with Gasteiger partial charge in [0, 0.05) is 0 Å². The van der Waals surface area contributed by atoms with E-state index in [1.165, 1.54) is 0 Å². The molecule has 0 atom stereocenters. The Bertz CT molecular complexity index is 957. The molecule has 0 aliphatic rings. The van der Waals surface area contributed by atoms with Gasteiger partial charge >= 0.3 is 0 Å². The fraction of sp³-hybridized carbons (Fsp3) is 0.548. The Balaban J connectivity index is 1.91. The average molecular weight is 531 g/mol.